The molecule has 0 unspecified atom stereocenters. The Labute approximate surface area is 158 Å². The van der Waals surface area contributed by atoms with E-state index in [9.17, 15) is 4.79 Å². The number of carbonyl (C=O) groups excluding carboxylic acids is 1. The third-order valence-electron chi connectivity index (χ3n) is 5.10. The zero-order valence-corrected chi connectivity index (χ0v) is 16.4. The zero-order valence-electron chi connectivity index (χ0n) is 14.9. The van der Waals surface area contributed by atoms with Gasteiger partial charge in [-0.2, -0.15) is 0 Å². The van der Waals surface area contributed by atoms with Crippen molar-refractivity contribution in [3.05, 3.63) is 27.7 Å². The maximum Gasteiger partial charge on any atom is 0.494 e. The second-order valence-electron chi connectivity index (χ2n) is 7.36. The van der Waals surface area contributed by atoms with Gasteiger partial charge in [-0.25, -0.2) is 0 Å². The summed E-state index contributed by atoms with van der Waals surface area (Å²) in [6.07, 6.45) is 0. The lowest BCUT2D eigenvalue weighted by atomic mass is 9.78. The summed E-state index contributed by atoms with van der Waals surface area (Å²) in [6.45, 7) is 10.0. The van der Waals surface area contributed by atoms with E-state index in [1.165, 1.54) is 0 Å². The summed E-state index contributed by atoms with van der Waals surface area (Å²) < 4.78 is 17.4. The minimum atomic E-state index is -0.601. The van der Waals surface area contributed by atoms with Crippen LogP contribution in [0.2, 0.25) is 10.0 Å². The smallest absolute Gasteiger partial charge is 0.399 e. The SMILES string of the molecule is CC1(C)OB(c2cc(Cl)c(Cl)c(C(=O)N3CCOCC3)c2)OC1(C)C. The third kappa shape index (κ3) is 3.55. The molecule has 0 aliphatic carbocycles. The quantitative estimate of drug-likeness (QED) is 0.734. The fourth-order valence-electron chi connectivity index (χ4n) is 2.82. The summed E-state index contributed by atoms with van der Waals surface area (Å²) >= 11 is 12.6. The molecule has 25 heavy (non-hydrogen) atoms. The zero-order chi connectivity index (χ0) is 18.4. The Kier molecular flexibility index (Phi) is 5.12. The first kappa shape index (κ1) is 19.0. The molecule has 8 heteroatoms. The number of benzene rings is 1. The molecule has 1 aromatic rings. The number of halogens is 2. The van der Waals surface area contributed by atoms with Crippen LogP contribution in [-0.4, -0.2) is 55.4 Å². The van der Waals surface area contributed by atoms with Crippen LogP contribution in [0.3, 0.4) is 0 Å². The molecular formula is C17H22BCl2NO4. The van der Waals surface area contributed by atoms with Crippen LogP contribution >= 0.6 is 23.2 Å². The van der Waals surface area contributed by atoms with E-state index < -0.39 is 18.3 Å². The maximum atomic E-state index is 12.8. The van der Waals surface area contributed by atoms with Gasteiger partial charge in [0.05, 0.1) is 40.0 Å². The molecule has 2 saturated heterocycles. The Morgan fingerprint density at radius 1 is 1.08 bits per heavy atom. The average molecular weight is 386 g/mol. The fraction of sp³-hybridized carbons (Fsp3) is 0.588. The number of ether oxygens (including phenoxy) is 1. The highest BCUT2D eigenvalue weighted by atomic mass is 35.5. The van der Waals surface area contributed by atoms with Crippen LogP contribution in [0.1, 0.15) is 38.1 Å². The van der Waals surface area contributed by atoms with E-state index in [2.05, 4.69) is 0 Å². The minimum absolute atomic E-state index is 0.159. The second-order valence-corrected chi connectivity index (χ2v) is 8.14. The molecule has 0 spiro atoms. The summed E-state index contributed by atoms with van der Waals surface area (Å²) in [5.74, 6) is -0.159. The predicted octanol–water partition coefficient (Wildman–Crippen LogP) is 2.77. The van der Waals surface area contributed by atoms with Crippen LogP contribution in [0, 0.1) is 0 Å². The van der Waals surface area contributed by atoms with Gasteiger partial charge >= 0.3 is 7.12 Å². The Morgan fingerprint density at radius 2 is 1.64 bits per heavy atom. The van der Waals surface area contributed by atoms with E-state index in [1.807, 2.05) is 27.7 Å². The molecule has 0 atom stereocenters. The molecule has 0 bridgehead atoms. The molecule has 0 N–H and O–H groups in total. The van der Waals surface area contributed by atoms with Gasteiger partial charge in [0.1, 0.15) is 0 Å². The molecule has 136 valence electrons. The predicted molar refractivity (Wildman–Crippen MR) is 98.9 cm³/mol. The van der Waals surface area contributed by atoms with Crippen LogP contribution in [0.5, 0.6) is 0 Å². The molecule has 1 amide bonds. The Morgan fingerprint density at radius 3 is 2.20 bits per heavy atom. The molecule has 5 nitrogen and oxygen atoms in total. The number of morpholine rings is 1. The topological polar surface area (TPSA) is 48.0 Å². The lowest BCUT2D eigenvalue weighted by molar-refractivity contribution is 0.00578. The number of amides is 1. The maximum absolute atomic E-state index is 12.8. The van der Waals surface area contributed by atoms with Crippen molar-refractivity contribution < 1.29 is 18.8 Å². The third-order valence-corrected chi connectivity index (χ3v) is 5.91. The number of nitrogens with zero attached hydrogens (tertiary/aromatic N) is 1. The summed E-state index contributed by atoms with van der Waals surface area (Å²) in [7, 11) is -0.601. The molecule has 2 aliphatic rings. The van der Waals surface area contributed by atoms with Gasteiger partial charge in [0.25, 0.3) is 5.91 Å². The Bertz CT molecular complexity index is 673. The fourth-order valence-corrected chi connectivity index (χ4v) is 3.24. The van der Waals surface area contributed by atoms with Crippen molar-refractivity contribution in [1.29, 1.82) is 0 Å². The Hall–Kier alpha value is -0.785. The number of hydrogen-bond acceptors (Lipinski definition) is 4. The van der Waals surface area contributed by atoms with Gasteiger partial charge in [0.15, 0.2) is 0 Å². The average Bonchev–Trinajstić information content (AvgIpc) is 2.78. The number of carbonyl (C=O) groups is 1. The van der Waals surface area contributed by atoms with Crippen LogP contribution in [0.4, 0.5) is 0 Å². The lowest BCUT2D eigenvalue weighted by Gasteiger charge is -2.32. The summed E-state index contributed by atoms with van der Waals surface area (Å²) in [6, 6.07) is 3.41. The second kappa shape index (κ2) is 6.74. The highest BCUT2D eigenvalue weighted by Gasteiger charge is 2.52. The van der Waals surface area contributed by atoms with Gasteiger partial charge in [-0.3, -0.25) is 4.79 Å². The van der Waals surface area contributed by atoms with E-state index in [4.69, 9.17) is 37.2 Å². The van der Waals surface area contributed by atoms with Gasteiger partial charge in [-0.05, 0) is 45.3 Å². The van der Waals surface area contributed by atoms with Crippen molar-refractivity contribution in [3.8, 4) is 0 Å². The summed E-state index contributed by atoms with van der Waals surface area (Å²) in [5.41, 5.74) is 0.0986. The van der Waals surface area contributed by atoms with Gasteiger partial charge in [0, 0.05) is 13.1 Å². The Balaban J connectivity index is 1.92. The molecular weight excluding hydrogens is 364 g/mol. The largest absolute Gasteiger partial charge is 0.494 e. The van der Waals surface area contributed by atoms with Gasteiger partial charge < -0.3 is 18.9 Å². The van der Waals surface area contributed by atoms with Crippen molar-refractivity contribution in [2.24, 2.45) is 0 Å². The normalized spacial score (nSPS) is 22.3. The highest BCUT2D eigenvalue weighted by molar-refractivity contribution is 6.63. The van der Waals surface area contributed by atoms with Crippen LogP contribution < -0.4 is 5.46 Å². The van der Waals surface area contributed by atoms with Crippen LogP contribution in [0.25, 0.3) is 0 Å². The molecule has 3 rings (SSSR count). The van der Waals surface area contributed by atoms with E-state index in [-0.39, 0.29) is 10.9 Å². The summed E-state index contributed by atoms with van der Waals surface area (Å²) in [4.78, 5) is 14.6. The van der Waals surface area contributed by atoms with E-state index in [1.54, 1.807) is 17.0 Å². The van der Waals surface area contributed by atoms with Gasteiger partial charge in [0.2, 0.25) is 0 Å². The monoisotopic (exact) mass is 385 g/mol. The van der Waals surface area contributed by atoms with E-state index >= 15 is 0 Å². The minimum Gasteiger partial charge on any atom is -0.399 e. The van der Waals surface area contributed by atoms with Crippen molar-refractivity contribution in [1.82, 2.24) is 4.90 Å². The lowest BCUT2D eigenvalue weighted by Crippen LogP contribution is -2.41. The molecule has 2 aliphatic heterocycles. The van der Waals surface area contributed by atoms with Crippen LogP contribution in [-0.2, 0) is 14.0 Å². The molecule has 0 aromatic heterocycles. The van der Waals surface area contributed by atoms with Crippen LogP contribution in [0.15, 0.2) is 12.1 Å². The van der Waals surface area contributed by atoms with Crippen molar-refractivity contribution in [2.45, 2.75) is 38.9 Å². The van der Waals surface area contributed by atoms with Crippen molar-refractivity contribution in [2.75, 3.05) is 26.3 Å². The number of hydrogen-bond donors (Lipinski definition) is 0. The molecule has 2 fully saturated rings. The highest BCUT2D eigenvalue weighted by Crippen LogP contribution is 2.37. The number of rotatable bonds is 2. The molecule has 0 saturated carbocycles. The summed E-state index contributed by atoms with van der Waals surface area (Å²) in [5, 5.41) is 0.559. The standard InChI is InChI=1S/C17H22BCl2NO4/c1-16(2)17(3,4)25-18(24-16)11-9-12(14(20)13(19)10-11)15(22)21-5-7-23-8-6-21/h9-10H,5-8H2,1-4H3. The van der Waals surface area contributed by atoms with Crippen molar-refractivity contribution >= 4 is 41.7 Å². The first-order valence-electron chi connectivity index (χ1n) is 8.34. The molecule has 1 aromatic carbocycles. The van der Waals surface area contributed by atoms with E-state index in [0.717, 1.165) is 0 Å². The molecule has 2 heterocycles. The van der Waals surface area contributed by atoms with E-state index in [0.29, 0.717) is 42.4 Å². The van der Waals surface area contributed by atoms with Gasteiger partial charge in [-0.1, -0.05) is 23.2 Å². The van der Waals surface area contributed by atoms with Gasteiger partial charge in [-0.15, -0.1) is 0 Å². The molecule has 0 radical (unpaired) electrons. The first-order chi connectivity index (χ1) is 11.6. The van der Waals surface area contributed by atoms with Crippen molar-refractivity contribution in [3.63, 3.8) is 0 Å². The first-order valence-corrected chi connectivity index (χ1v) is 9.09.